The van der Waals surface area contributed by atoms with Gasteiger partial charge < -0.3 is 15.5 Å². The number of hydrogen-bond acceptors (Lipinski definition) is 4. The maximum atomic E-state index is 12.2. The number of rotatable bonds is 5. The summed E-state index contributed by atoms with van der Waals surface area (Å²) in [7, 11) is 0. The molecule has 1 aliphatic heterocycles. The van der Waals surface area contributed by atoms with Crippen molar-refractivity contribution in [2.24, 2.45) is 0 Å². The van der Waals surface area contributed by atoms with Gasteiger partial charge in [-0.25, -0.2) is 0 Å². The fraction of sp³-hybridized carbons (Fsp3) is 0.400. The third-order valence-electron chi connectivity index (χ3n) is 4.48. The zero-order valence-corrected chi connectivity index (χ0v) is 16.4. The Morgan fingerprint density at radius 3 is 2.46 bits per heavy atom. The molecular weight excluding hydrogens is 358 g/mol. The van der Waals surface area contributed by atoms with E-state index >= 15 is 0 Å². The fourth-order valence-corrected chi connectivity index (χ4v) is 2.94. The second kappa shape index (κ2) is 7.84. The first-order chi connectivity index (χ1) is 13.2. The number of anilines is 2. The summed E-state index contributed by atoms with van der Waals surface area (Å²) in [5.74, 6) is -0.579. The van der Waals surface area contributed by atoms with Crippen molar-refractivity contribution in [3.05, 3.63) is 42.2 Å². The standard InChI is InChI=1S/C20H25N5O3/c1-20(2,3)25-13-15(11-22-25)23-17(26)12-21-19(28)14-6-8-16(9-7-14)24-10-4-5-18(24)27/h6-9,11,13H,4-5,10,12H2,1-3H3,(H,21,28)(H,23,26). The van der Waals surface area contributed by atoms with Crippen molar-refractivity contribution in [3.63, 3.8) is 0 Å². The van der Waals surface area contributed by atoms with E-state index in [2.05, 4.69) is 15.7 Å². The number of carbonyl (C=O) groups is 3. The summed E-state index contributed by atoms with van der Waals surface area (Å²) in [5.41, 5.74) is 1.62. The van der Waals surface area contributed by atoms with Crippen molar-refractivity contribution in [2.45, 2.75) is 39.2 Å². The molecule has 1 saturated heterocycles. The first-order valence-corrected chi connectivity index (χ1v) is 9.28. The molecule has 0 bridgehead atoms. The van der Waals surface area contributed by atoms with Gasteiger partial charge in [0.05, 0.1) is 24.0 Å². The molecule has 1 aliphatic rings. The average molecular weight is 383 g/mol. The Morgan fingerprint density at radius 2 is 1.89 bits per heavy atom. The molecule has 8 heteroatoms. The monoisotopic (exact) mass is 383 g/mol. The smallest absolute Gasteiger partial charge is 0.251 e. The average Bonchev–Trinajstić information content (AvgIpc) is 3.28. The molecule has 1 fully saturated rings. The Kier molecular flexibility index (Phi) is 5.48. The van der Waals surface area contributed by atoms with Gasteiger partial charge in [0.1, 0.15) is 0 Å². The molecule has 3 rings (SSSR count). The van der Waals surface area contributed by atoms with Crippen molar-refractivity contribution in [1.29, 1.82) is 0 Å². The summed E-state index contributed by atoms with van der Waals surface area (Å²) in [6.45, 7) is 6.59. The predicted molar refractivity (Wildman–Crippen MR) is 106 cm³/mol. The molecule has 8 nitrogen and oxygen atoms in total. The van der Waals surface area contributed by atoms with Gasteiger partial charge in [-0.3, -0.25) is 19.1 Å². The van der Waals surface area contributed by atoms with Crippen LogP contribution in [0.3, 0.4) is 0 Å². The highest BCUT2D eigenvalue weighted by atomic mass is 16.2. The number of hydrogen-bond donors (Lipinski definition) is 2. The van der Waals surface area contributed by atoms with Crippen LogP contribution < -0.4 is 15.5 Å². The first-order valence-electron chi connectivity index (χ1n) is 9.28. The summed E-state index contributed by atoms with van der Waals surface area (Å²) in [5, 5.41) is 9.52. The van der Waals surface area contributed by atoms with Crippen LogP contribution in [0.25, 0.3) is 0 Å². The molecule has 3 amide bonds. The van der Waals surface area contributed by atoms with Crippen LogP contribution >= 0.6 is 0 Å². The SMILES string of the molecule is CC(C)(C)n1cc(NC(=O)CNC(=O)c2ccc(N3CCCC3=O)cc2)cn1. The van der Waals surface area contributed by atoms with Crippen molar-refractivity contribution in [1.82, 2.24) is 15.1 Å². The fourth-order valence-electron chi connectivity index (χ4n) is 2.94. The lowest BCUT2D eigenvalue weighted by Crippen LogP contribution is -2.32. The van der Waals surface area contributed by atoms with E-state index in [9.17, 15) is 14.4 Å². The quantitative estimate of drug-likeness (QED) is 0.827. The molecule has 2 N–H and O–H groups in total. The van der Waals surface area contributed by atoms with E-state index in [1.54, 1.807) is 46.2 Å². The lowest BCUT2D eigenvalue weighted by molar-refractivity contribution is -0.117. The lowest BCUT2D eigenvalue weighted by atomic mass is 10.1. The third kappa shape index (κ3) is 4.57. The number of carbonyl (C=O) groups excluding carboxylic acids is 3. The molecule has 0 saturated carbocycles. The third-order valence-corrected chi connectivity index (χ3v) is 4.48. The zero-order valence-electron chi connectivity index (χ0n) is 16.4. The highest BCUT2D eigenvalue weighted by Crippen LogP contribution is 2.21. The number of amides is 3. The Bertz CT molecular complexity index is 880. The largest absolute Gasteiger partial charge is 0.343 e. The second-order valence-electron chi connectivity index (χ2n) is 7.77. The topological polar surface area (TPSA) is 96.3 Å². The number of aromatic nitrogens is 2. The molecule has 2 aromatic rings. The molecule has 0 spiro atoms. The normalized spacial score (nSPS) is 14.2. The minimum atomic E-state index is -0.347. The lowest BCUT2D eigenvalue weighted by Gasteiger charge is -2.18. The summed E-state index contributed by atoms with van der Waals surface area (Å²) in [4.78, 5) is 37.8. The Labute approximate surface area is 163 Å². The Hall–Kier alpha value is -3.16. The van der Waals surface area contributed by atoms with E-state index in [1.165, 1.54) is 0 Å². The molecule has 1 aromatic carbocycles. The van der Waals surface area contributed by atoms with E-state index < -0.39 is 0 Å². The van der Waals surface area contributed by atoms with Gasteiger partial charge >= 0.3 is 0 Å². The molecule has 0 atom stereocenters. The van der Waals surface area contributed by atoms with Gasteiger partial charge in [0.15, 0.2) is 0 Å². The van der Waals surface area contributed by atoms with Gasteiger partial charge in [0.25, 0.3) is 5.91 Å². The maximum absolute atomic E-state index is 12.2. The van der Waals surface area contributed by atoms with E-state index in [0.717, 1.165) is 12.1 Å². The molecular formula is C20H25N5O3. The summed E-state index contributed by atoms with van der Waals surface area (Å²) < 4.78 is 1.76. The van der Waals surface area contributed by atoms with Crippen LogP contribution in [0, 0.1) is 0 Å². The van der Waals surface area contributed by atoms with Crippen molar-refractivity contribution >= 4 is 29.1 Å². The van der Waals surface area contributed by atoms with Gasteiger partial charge in [-0.15, -0.1) is 0 Å². The molecule has 0 unspecified atom stereocenters. The van der Waals surface area contributed by atoms with Crippen molar-refractivity contribution < 1.29 is 14.4 Å². The number of benzene rings is 1. The van der Waals surface area contributed by atoms with E-state index in [4.69, 9.17) is 0 Å². The minimum absolute atomic E-state index is 0.101. The second-order valence-corrected chi connectivity index (χ2v) is 7.77. The molecule has 28 heavy (non-hydrogen) atoms. The van der Waals surface area contributed by atoms with Gasteiger partial charge in [-0.1, -0.05) is 0 Å². The van der Waals surface area contributed by atoms with Crippen LogP contribution in [0.4, 0.5) is 11.4 Å². The zero-order chi connectivity index (χ0) is 20.3. The first kappa shape index (κ1) is 19.6. The number of nitrogens with zero attached hydrogens (tertiary/aromatic N) is 3. The molecule has 2 heterocycles. The summed E-state index contributed by atoms with van der Waals surface area (Å²) >= 11 is 0. The predicted octanol–water partition coefficient (Wildman–Crippen LogP) is 2.13. The van der Waals surface area contributed by atoms with Gasteiger partial charge in [0, 0.05) is 30.4 Å². The molecule has 148 valence electrons. The Balaban J connectivity index is 1.51. The van der Waals surface area contributed by atoms with E-state index in [0.29, 0.717) is 24.2 Å². The van der Waals surface area contributed by atoms with Gasteiger partial charge in [-0.2, -0.15) is 5.10 Å². The van der Waals surface area contributed by atoms with Crippen LogP contribution in [-0.2, 0) is 15.1 Å². The number of nitrogens with one attached hydrogen (secondary N) is 2. The summed E-state index contributed by atoms with van der Waals surface area (Å²) in [6.07, 6.45) is 4.73. The molecule has 1 aromatic heterocycles. The minimum Gasteiger partial charge on any atom is -0.343 e. The van der Waals surface area contributed by atoms with Crippen LogP contribution in [0.2, 0.25) is 0 Å². The van der Waals surface area contributed by atoms with E-state index in [1.807, 2.05) is 20.8 Å². The maximum Gasteiger partial charge on any atom is 0.251 e. The molecule has 0 radical (unpaired) electrons. The highest BCUT2D eigenvalue weighted by molar-refractivity contribution is 6.00. The van der Waals surface area contributed by atoms with Gasteiger partial charge in [-0.05, 0) is 51.5 Å². The highest BCUT2D eigenvalue weighted by Gasteiger charge is 2.21. The van der Waals surface area contributed by atoms with Crippen LogP contribution in [-0.4, -0.2) is 40.6 Å². The van der Waals surface area contributed by atoms with Crippen LogP contribution in [0.15, 0.2) is 36.7 Å². The van der Waals surface area contributed by atoms with E-state index in [-0.39, 0.29) is 29.8 Å². The summed E-state index contributed by atoms with van der Waals surface area (Å²) in [6, 6.07) is 6.81. The van der Waals surface area contributed by atoms with Gasteiger partial charge in [0.2, 0.25) is 11.8 Å². The molecule has 0 aliphatic carbocycles. The van der Waals surface area contributed by atoms with Crippen molar-refractivity contribution in [2.75, 3.05) is 23.3 Å². The Morgan fingerprint density at radius 1 is 1.18 bits per heavy atom. The van der Waals surface area contributed by atoms with Crippen LogP contribution in [0.1, 0.15) is 44.0 Å². The van der Waals surface area contributed by atoms with Crippen molar-refractivity contribution in [3.8, 4) is 0 Å². The van der Waals surface area contributed by atoms with Crippen LogP contribution in [0.5, 0.6) is 0 Å².